The first-order valence-corrected chi connectivity index (χ1v) is 12.0. The summed E-state index contributed by atoms with van der Waals surface area (Å²) in [5.41, 5.74) is 2.49. The van der Waals surface area contributed by atoms with Crippen molar-refractivity contribution in [3.63, 3.8) is 0 Å². The third kappa shape index (κ3) is 4.70. The number of benzene rings is 3. The molecule has 3 aromatic carbocycles. The van der Waals surface area contributed by atoms with Crippen molar-refractivity contribution in [1.82, 2.24) is 4.98 Å². The summed E-state index contributed by atoms with van der Waals surface area (Å²) >= 11 is 1.26. The number of hydrogen-bond donors (Lipinski definition) is 1. The smallest absolute Gasteiger partial charge is 0.257 e. The summed E-state index contributed by atoms with van der Waals surface area (Å²) < 4.78 is 37.0. The van der Waals surface area contributed by atoms with Gasteiger partial charge in [-0.15, -0.1) is 0 Å². The summed E-state index contributed by atoms with van der Waals surface area (Å²) in [5.74, 6) is -0.658. The molecule has 8 heteroatoms. The molecule has 0 unspecified atom stereocenters. The van der Waals surface area contributed by atoms with Crippen molar-refractivity contribution in [2.24, 2.45) is 0 Å². The average molecular weight is 453 g/mol. The highest BCUT2D eigenvalue weighted by Gasteiger charge is 2.18. The maximum Gasteiger partial charge on any atom is 0.257 e. The Bertz CT molecular complexity index is 1330. The first-order chi connectivity index (χ1) is 14.8. The molecule has 156 valence electrons. The Morgan fingerprint density at radius 3 is 2.13 bits per heavy atom. The van der Waals surface area contributed by atoms with Gasteiger partial charge in [0.25, 0.3) is 5.91 Å². The molecule has 4 rings (SSSR count). The summed E-state index contributed by atoms with van der Waals surface area (Å²) in [6, 6.07) is 21.1. The fourth-order valence-corrected chi connectivity index (χ4v) is 4.60. The number of carbonyl (C=O) groups is 1. The van der Waals surface area contributed by atoms with Crippen LogP contribution in [-0.4, -0.2) is 25.6 Å². The van der Waals surface area contributed by atoms with Crippen LogP contribution in [0.1, 0.15) is 10.4 Å². The van der Waals surface area contributed by atoms with Gasteiger partial charge in [0, 0.05) is 17.4 Å². The van der Waals surface area contributed by atoms with Crippen LogP contribution in [0.5, 0.6) is 0 Å². The van der Waals surface area contributed by atoms with Crippen LogP contribution in [0.4, 0.5) is 9.52 Å². The topological polar surface area (TPSA) is 76.1 Å². The highest BCUT2D eigenvalue weighted by molar-refractivity contribution is 7.90. The monoisotopic (exact) mass is 452 g/mol. The van der Waals surface area contributed by atoms with Gasteiger partial charge in [-0.05, 0) is 54.1 Å². The normalized spacial score (nSPS) is 11.3. The second-order valence-electron chi connectivity index (χ2n) is 6.82. The number of halogens is 1. The molecule has 0 aliphatic rings. The maximum atomic E-state index is 13.4. The Kier molecular flexibility index (Phi) is 5.67. The van der Waals surface area contributed by atoms with E-state index in [1.54, 1.807) is 48.5 Å². The Labute approximate surface area is 183 Å². The lowest BCUT2D eigenvalue weighted by Gasteiger charge is -2.04. The molecule has 4 aromatic rings. The number of rotatable bonds is 5. The Hall–Kier alpha value is -3.36. The number of aromatic nitrogens is 1. The van der Waals surface area contributed by atoms with Crippen LogP contribution in [0.25, 0.3) is 21.7 Å². The molecule has 0 saturated heterocycles. The number of amides is 1. The van der Waals surface area contributed by atoms with Crippen LogP contribution in [-0.2, 0) is 9.84 Å². The quantitative estimate of drug-likeness (QED) is 0.447. The van der Waals surface area contributed by atoms with Crippen molar-refractivity contribution in [1.29, 1.82) is 0 Å². The predicted octanol–water partition coefficient (Wildman–Crippen LogP) is 5.27. The molecule has 0 aliphatic carbocycles. The first-order valence-electron chi connectivity index (χ1n) is 9.25. The largest absolute Gasteiger partial charge is 0.298 e. The molecule has 1 N–H and O–H groups in total. The zero-order valence-corrected chi connectivity index (χ0v) is 18.0. The molecule has 0 fully saturated rings. The van der Waals surface area contributed by atoms with Crippen LogP contribution >= 0.6 is 11.3 Å². The average Bonchev–Trinajstić information content (AvgIpc) is 3.18. The number of thiazole rings is 1. The molecular formula is C23H17FN2O3S2. The van der Waals surface area contributed by atoms with E-state index in [4.69, 9.17) is 0 Å². The van der Waals surface area contributed by atoms with Crippen LogP contribution in [0, 0.1) is 5.82 Å². The molecule has 1 aromatic heterocycles. The highest BCUT2D eigenvalue weighted by atomic mass is 32.2. The van der Waals surface area contributed by atoms with E-state index in [0.717, 1.165) is 16.7 Å². The van der Waals surface area contributed by atoms with Gasteiger partial charge in [0.15, 0.2) is 15.0 Å². The van der Waals surface area contributed by atoms with Crippen LogP contribution < -0.4 is 5.32 Å². The number of nitrogens with zero attached hydrogens (tertiary/aromatic N) is 1. The molecule has 5 nitrogen and oxygen atoms in total. The SMILES string of the molecule is CS(=O)(=O)c1ccc(-c2sc(NC(=O)c3ccccc3)nc2-c2ccc(F)cc2)cc1. The van der Waals surface area contributed by atoms with E-state index >= 15 is 0 Å². The first kappa shape index (κ1) is 20.9. The van der Waals surface area contributed by atoms with Gasteiger partial charge in [0.2, 0.25) is 0 Å². The zero-order valence-electron chi connectivity index (χ0n) is 16.4. The summed E-state index contributed by atoms with van der Waals surface area (Å²) in [6.07, 6.45) is 1.15. The van der Waals surface area contributed by atoms with Crippen LogP contribution in [0.3, 0.4) is 0 Å². The Morgan fingerprint density at radius 2 is 1.52 bits per heavy atom. The Morgan fingerprint density at radius 1 is 0.903 bits per heavy atom. The predicted molar refractivity (Wildman–Crippen MR) is 120 cm³/mol. The number of nitrogens with one attached hydrogen (secondary N) is 1. The molecule has 0 bridgehead atoms. The molecule has 0 radical (unpaired) electrons. The van der Waals surface area contributed by atoms with Gasteiger partial charge in [0.05, 0.1) is 15.5 Å². The third-order valence-electron chi connectivity index (χ3n) is 4.55. The summed E-state index contributed by atoms with van der Waals surface area (Å²) in [4.78, 5) is 18.1. The lowest BCUT2D eigenvalue weighted by atomic mass is 10.1. The number of anilines is 1. The van der Waals surface area contributed by atoms with E-state index in [1.165, 1.54) is 35.6 Å². The zero-order chi connectivity index (χ0) is 22.0. The van der Waals surface area contributed by atoms with Crippen molar-refractivity contribution in [2.75, 3.05) is 11.6 Å². The summed E-state index contributed by atoms with van der Waals surface area (Å²) in [7, 11) is -3.32. The second-order valence-corrected chi connectivity index (χ2v) is 9.84. The van der Waals surface area contributed by atoms with E-state index in [2.05, 4.69) is 10.3 Å². The Balaban J connectivity index is 1.75. The third-order valence-corrected chi connectivity index (χ3v) is 6.69. The van der Waals surface area contributed by atoms with Crippen LogP contribution in [0.15, 0.2) is 83.8 Å². The van der Waals surface area contributed by atoms with E-state index in [-0.39, 0.29) is 16.6 Å². The van der Waals surface area contributed by atoms with Crippen molar-refractivity contribution >= 4 is 32.2 Å². The van der Waals surface area contributed by atoms with Crippen LogP contribution in [0.2, 0.25) is 0 Å². The fraction of sp³-hybridized carbons (Fsp3) is 0.0435. The van der Waals surface area contributed by atoms with Gasteiger partial charge in [-0.1, -0.05) is 41.7 Å². The van der Waals surface area contributed by atoms with Crippen molar-refractivity contribution in [2.45, 2.75) is 4.90 Å². The molecule has 0 spiro atoms. The van der Waals surface area contributed by atoms with E-state index in [0.29, 0.717) is 22.0 Å². The lowest BCUT2D eigenvalue weighted by molar-refractivity contribution is 0.102. The molecule has 1 amide bonds. The molecule has 0 saturated carbocycles. The van der Waals surface area contributed by atoms with E-state index in [1.807, 2.05) is 6.07 Å². The summed E-state index contributed by atoms with van der Waals surface area (Å²) in [5, 5.41) is 3.19. The fourth-order valence-electron chi connectivity index (χ4n) is 2.98. The highest BCUT2D eigenvalue weighted by Crippen LogP contribution is 2.39. The molecule has 31 heavy (non-hydrogen) atoms. The molecule has 1 heterocycles. The minimum atomic E-state index is -3.32. The molecular weight excluding hydrogens is 435 g/mol. The van der Waals surface area contributed by atoms with E-state index in [9.17, 15) is 17.6 Å². The van der Waals surface area contributed by atoms with Gasteiger partial charge >= 0.3 is 0 Å². The summed E-state index contributed by atoms with van der Waals surface area (Å²) in [6.45, 7) is 0. The lowest BCUT2D eigenvalue weighted by Crippen LogP contribution is -2.11. The maximum absolute atomic E-state index is 13.4. The van der Waals surface area contributed by atoms with Gasteiger partial charge in [-0.25, -0.2) is 17.8 Å². The van der Waals surface area contributed by atoms with Crippen molar-refractivity contribution < 1.29 is 17.6 Å². The van der Waals surface area contributed by atoms with Gasteiger partial charge in [0.1, 0.15) is 5.82 Å². The number of carbonyl (C=O) groups excluding carboxylic acids is 1. The standard InChI is InChI=1S/C23H17FN2O3S2/c1-31(28,29)19-13-9-16(10-14-19)21-20(15-7-11-18(24)12-8-15)25-23(30-21)26-22(27)17-5-3-2-4-6-17/h2-14H,1H3,(H,25,26,27). The van der Waals surface area contributed by atoms with Gasteiger partial charge in [-0.2, -0.15) is 0 Å². The second kappa shape index (κ2) is 8.41. The molecule has 0 aliphatic heterocycles. The van der Waals surface area contributed by atoms with Crippen molar-refractivity contribution in [3.05, 3.63) is 90.2 Å². The number of hydrogen-bond acceptors (Lipinski definition) is 5. The molecule has 0 atom stereocenters. The van der Waals surface area contributed by atoms with E-state index < -0.39 is 9.84 Å². The van der Waals surface area contributed by atoms with Gasteiger partial charge in [-0.3, -0.25) is 10.1 Å². The van der Waals surface area contributed by atoms with Gasteiger partial charge < -0.3 is 0 Å². The minimum Gasteiger partial charge on any atom is -0.298 e. The number of sulfone groups is 1. The van der Waals surface area contributed by atoms with Crippen molar-refractivity contribution in [3.8, 4) is 21.7 Å². The minimum absolute atomic E-state index is 0.210.